The minimum atomic E-state index is -0.406. The maximum Gasteiger partial charge on any atom is 0.311 e. The summed E-state index contributed by atoms with van der Waals surface area (Å²) in [5.74, 6) is 0.310. The summed E-state index contributed by atoms with van der Waals surface area (Å²) < 4.78 is 10.7. The third kappa shape index (κ3) is 6.55. The van der Waals surface area contributed by atoms with Gasteiger partial charge in [-0.25, -0.2) is 0 Å². The number of nitro benzene ring substituents is 1. The summed E-state index contributed by atoms with van der Waals surface area (Å²) in [4.78, 5) is 10.7. The second kappa shape index (κ2) is 9.31. The Morgan fingerprint density at radius 2 is 2.10 bits per heavy atom. The molecule has 118 valence electrons. The van der Waals surface area contributed by atoms with Crippen LogP contribution < -0.4 is 10.1 Å². The quantitative estimate of drug-likeness (QED) is 0.408. The molecule has 0 atom stereocenters. The van der Waals surface area contributed by atoms with Crippen LogP contribution >= 0.6 is 0 Å². The van der Waals surface area contributed by atoms with Crippen molar-refractivity contribution in [2.45, 2.75) is 39.8 Å². The van der Waals surface area contributed by atoms with Crippen molar-refractivity contribution in [2.75, 3.05) is 19.8 Å². The molecule has 0 heterocycles. The molecule has 0 bridgehead atoms. The number of hydrogen-bond acceptors (Lipinski definition) is 5. The molecule has 0 saturated carbocycles. The molecule has 0 aliphatic rings. The first kappa shape index (κ1) is 17.4. The standard InChI is InChI=1S/C15H24N2O4/c1-4-20-8-5-9-21-15-7-6-13(11-16-12(2)3)10-14(15)17(18)19/h6-7,10,12,16H,4-5,8-9,11H2,1-3H3. The average molecular weight is 296 g/mol. The predicted octanol–water partition coefficient (Wildman–Crippen LogP) is 2.90. The summed E-state index contributed by atoms with van der Waals surface area (Å²) in [5, 5.41) is 14.4. The van der Waals surface area contributed by atoms with E-state index in [1.54, 1.807) is 12.1 Å². The van der Waals surface area contributed by atoms with Gasteiger partial charge in [0.25, 0.3) is 0 Å². The molecule has 21 heavy (non-hydrogen) atoms. The normalized spacial score (nSPS) is 10.9. The molecule has 0 amide bonds. The minimum Gasteiger partial charge on any atom is -0.487 e. The second-order valence-electron chi connectivity index (χ2n) is 4.99. The van der Waals surface area contributed by atoms with Crippen molar-refractivity contribution in [3.05, 3.63) is 33.9 Å². The zero-order valence-electron chi connectivity index (χ0n) is 12.9. The van der Waals surface area contributed by atoms with Gasteiger partial charge in [0, 0.05) is 38.3 Å². The van der Waals surface area contributed by atoms with Gasteiger partial charge in [-0.15, -0.1) is 0 Å². The van der Waals surface area contributed by atoms with Crippen LogP contribution in [0.4, 0.5) is 5.69 Å². The zero-order valence-corrected chi connectivity index (χ0v) is 12.9. The molecule has 0 spiro atoms. The number of nitrogens with zero attached hydrogens (tertiary/aromatic N) is 1. The number of hydrogen-bond donors (Lipinski definition) is 1. The highest BCUT2D eigenvalue weighted by Gasteiger charge is 2.16. The Labute approximate surface area is 125 Å². The maximum absolute atomic E-state index is 11.1. The fourth-order valence-corrected chi connectivity index (χ4v) is 1.75. The first-order valence-electron chi connectivity index (χ1n) is 7.25. The molecule has 0 aliphatic carbocycles. The highest BCUT2D eigenvalue weighted by atomic mass is 16.6. The van der Waals surface area contributed by atoms with Crippen LogP contribution in [0.25, 0.3) is 0 Å². The van der Waals surface area contributed by atoms with Crippen LogP contribution in [0.1, 0.15) is 32.8 Å². The van der Waals surface area contributed by atoms with Crippen molar-refractivity contribution < 1.29 is 14.4 Å². The third-order valence-corrected chi connectivity index (χ3v) is 2.83. The summed E-state index contributed by atoms with van der Waals surface area (Å²) in [6.07, 6.45) is 0.710. The highest BCUT2D eigenvalue weighted by Crippen LogP contribution is 2.28. The van der Waals surface area contributed by atoms with E-state index >= 15 is 0 Å². The predicted molar refractivity (Wildman–Crippen MR) is 81.7 cm³/mol. The summed E-state index contributed by atoms with van der Waals surface area (Å²) in [6, 6.07) is 5.41. The molecule has 0 fully saturated rings. The topological polar surface area (TPSA) is 73.6 Å². The largest absolute Gasteiger partial charge is 0.487 e. The third-order valence-electron chi connectivity index (χ3n) is 2.83. The number of nitro groups is 1. The molecule has 1 rings (SSSR count). The lowest BCUT2D eigenvalue weighted by molar-refractivity contribution is -0.385. The first-order chi connectivity index (χ1) is 10.0. The smallest absolute Gasteiger partial charge is 0.311 e. The zero-order chi connectivity index (χ0) is 15.7. The van der Waals surface area contributed by atoms with Crippen LogP contribution in [-0.4, -0.2) is 30.8 Å². The minimum absolute atomic E-state index is 0.00876. The Kier molecular flexibility index (Phi) is 7.71. The van der Waals surface area contributed by atoms with Gasteiger partial charge in [-0.1, -0.05) is 19.9 Å². The summed E-state index contributed by atoms with van der Waals surface area (Å²) in [6.45, 7) is 8.26. The lowest BCUT2D eigenvalue weighted by Crippen LogP contribution is -2.21. The van der Waals surface area contributed by atoms with Gasteiger partial charge in [0.2, 0.25) is 0 Å². The van der Waals surface area contributed by atoms with Gasteiger partial charge in [-0.3, -0.25) is 10.1 Å². The Morgan fingerprint density at radius 1 is 1.33 bits per heavy atom. The number of nitrogens with one attached hydrogen (secondary N) is 1. The molecule has 1 N–H and O–H groups in total. The number of rotatable bonds is 10. The summed E-state index contributed by atoms with van der Waals surface area (Å²) in [5.41, 5.74) is 0.881. The van der Waals surface area contributed by atoms with Crippen LogP contribution in [-0.2, 0) is 11.3 Å². The molecule has 0 aromatic heterocycles. The molecular formula is C15H24N2O4. The summed E-state index contributed by atoms with van der Waals surface area (Å²) >= 11 is 0. The molecule has 0 radical (unpaired) electrons. The second-order valence-corrected chi connectivity index (χ2v) is 4.99. The van der Waals surface area contributed by atoms with Crippen molar-refractivity contribution in [3.8, 4) is 5.75 Å². The van der Waals surface area contributed by atoms with Crippen LogP contribution in [0.15, 0.2) is 18.2 Å². The van der Waals surface area contributed by atoms with E-state index in [1.807, 2.05) is 26.8 Å². The van der Waals surface area contributed by atoms with E-state index in [2.05, 4.69) is 5.32 Å². The van der Waals surface area contributed by atoms with Crippen LogP contribution in [0.5, 0.6) is 5.75 Å². The molecule has 1 aromatic rings. The molecule has 0 unspecified atom stereocenters. The van der Waals surface area contributed by atoms with Crippen molar-refractivity contribution >= 4 is 5.69 Å². The fourth-order valence-electron chi connectivity index (χ4n) is 1.75. The fraction of sp³-hybridized carbons (Fsp3) is 0.600. The average Bonchev–Trinajstić information content (AvgIpc) is 2.45. The molecule has 6 nitrogen and oxygen atoms in total. The van der Waals surface area contributed by atoms with Gasteiger partial charge in [-0.05, 0) is 18.6 Å². The first-order valence-corrected chi connectivity index (χ1v) is 7.25. The van der Waals surface area contributed by atoms with Crippen molar-refractivity contribution in [1.29, 1.82) is 0 Å². The van der Waals surface area contributed by atoms with E-state index in [0.29, 0.717) is 44.6 Å². The van der Waals surface area contributed by atoms with Gasteiger partial charge in [0.15, 0.2) is 5.75 Å². The van der Waals surface area contributed by atoms with Gasteiger partial charge in [0.05, 0.1) is 11.5 Å². The van der Waals surface area contributed by atoms with Gasteiger partial charge in [-0.2, -0.15) is 0 Å². The Morgan fingerprint density at radius 3 is 2.71 bits per heavy atom. The molecule has 6 heteroatoms. The van der Waals surface area contributed by atoms with E-state index in [9.17, 15) is 10.1 Å². The lowest BCUT2D eigenvalue weighted by atomic mass is 10.2. The SMILES string of the molecule is CCOCCCOc1ccc(CNC(C)C)cc1[N+](=O)[O-]. The molecule has 0 aliphatic heterocycles. The van der Waals surface area contributed by atoms with Crippen molar-refractivity contribution in [1.82, 2.24) is 5.32 Å². The maximum atomic E-state index is 11.1. The lowest BCUT2D eigenvalue weighted by Gasteiger charge is -2.10. The Balaban J connectivity index is 2.64. The van der Waals surface area contributed by atoms with Gasteiger partial charge in [0.1, 0.15) is 0 Å². The van der Waals surface area contributed by atoms with Gasteiger partial charge < -0.3 is 14.8 Å². The van der Waals surface area contributed by atoms with Crippen LogP contribution in [0.3, 0.4) is 0 Å². The van der Waals surface area contributed by atoms with Crippen molar-refractivity contribution in [3.63, 3.8) is 0 Å². The Hall–Kier alpha value is -1.66. The van der Waals surface area contributed by atoms with E-state index in [1.165, 1.54) is 0 Å². The molecule has 1 aromatic carbocycles. The van der Waals surface area contributed by atoms with Crippen molar-refractivity contribution in [2.24, 2.45) is 0 Å². The number of benzene rings is 1. The monoisotopic (exact) mass is 296 g/mol. The highest BCUT2D eigenvalue weighted by molar-refractivity contribution is 5.48. The Bertz CT molecular complexity index is 449. The van der Waals surface area contributed by atoms with E-state index < -0.39 is 4.92 Å². The van der Waals surface area contributed by atoms with Crippen LogP contribution in [0.2, 0.25) is 0 Å². The van der Waals surface area contributed by atoms with Gasteiger partial charge >= 0.3 is 5.69 Å². The van der Waals surface area contributed by atoms with E-state index in [4.69, 9.17) is 9.47 Å². The number of ether oxygens (including phenoxy) is 2. The summed E-state index contributed by atoms with van der Waals surface area (Å²) in [7, 11) is 0. The van der Waals surface area contributed by atoms with E-state index in [-0.39, 0.29) is 5.69 Å². The van der Waals surface area contributed by atoms with Crippen LogP contribution in [0, 0.1) is 10.1 Å². The van der Waals surface area contributed by atoms with E-state index in [0.717, 1.165) is 5.56 Å². The molecular weight excluding hydrogens is 272 g/mol. The molecule has 0 saturated heterocycles.